The van der Waals surface area contributed by atoms with E-state index in [0.29, 0.717) is 37.6 Å². The van der Waals surface area contributed by atoms with Crippen molar-refractivity contribution in [1.82, 2.24) is 9.88 Å². The largest absolute Gasteiger partial charge is 0.378 e. The third-order valence-electron chi connectivity index (χ3n) is 3.86. The van der Waals surface area contributed by atoms with Crippen LogP contribution in [0.5, 0.6) is 0 Å². The number of ketones is 1. The number of pyridine rings is 1. The highest BCUT2D eigenvalue weighted by atomic mass is 16.5. The van der Waals surface area contributed by atoms with Crippen molar-refractivity contribution >= 4 is 23.1 Å². The summed E-state index contributed by atoms with van der Waals surface area (Å²) in [6.45, 7) is 3.88. The number of carbonyl (C=O) groups is 2. The first kappa shape index (κ1) is 16.1. The van der Waals surface area contributed by atoms with Gasteiger partial charge in [0.15, 0.2) is 5.78 Å². The highest BCUT2D eigenvalue weighted by Gasteiger charge is 2.19. The molecule has 0 saturated carbocycles. The van der Waals surface area contributed by atoms with E-state index in [-0.39, 0.29) is 11.7 Å². The van der Waals surface area contributed by atoms with Crippen LogP contribution in [0.2, 0.25) is 0 Å². The summed E-state index contributed by atoms with van der Waals surface area (Å²) in [6.07, 6.45) is 1.63. The molecule has 0 radical (unpaired) electrons. The Morgan fingerprint density at radius 3 is 2.29 bits per heavy atom. The molecule has 2 aromatic rings. The Labute approximate surface area is 140 Å². The van der Waals surface area contributed by atoms with Crippen LogP contribution >= 0.6 is 0 Å². The van der Waals surface area contributed by atoms with Crippen LogP contribution in [0.15, 0.2) is 42.6 Å². The molecule has 0 spiro atoms. The molecular formula is C18H19N3O3. The van der Waals surface area contributed by atoms with Gasteiger partial charge in [-0.3, -0.25) is 9.59 Å². The zero-order valence-electron chi connectivity index (χ0n) is 13.5. The first-order valence-electron chi connectivity index (χ1n) is 7.84. The molecular weight excluding hydrogens is 306 g/mol. The Morgan fingerprint density at radius 2 is 1.71 bits per heavy atom. The predicted molar refractivity (Wildman–Crippen MR) is 90.7 cm³/mol. The normalized spacial score (nSPS) is 14.3. The Morgan fingerprint density at radius 1 is 1.04 bits per heavy atom. The second-order valence-electron chi connectivity index (χ2n) is 5.60. The van der Waals surface area contributed by atoms with E-state index in [4.69, 9.17) is 4.74 Å². The van der Waals surface area contributed by atoms with Crippen molar-refractivity contribution in [1.29, 1.82) is 0 Å². The monoisotopic (exact) mass is 325 g/mol. The smallest absolute Gasteiger partial charge is 0.272 e. The highest BCUT2D eigenvalue weighted by molar-refractivity contribution is 5.94. The number of anilines is 2. The van der Waals surface area contributed by atoms with Crippen molar-refractivity contribution in [3.63, 3.8) is 0 Å². The molecule has 0 aliphatic carbocycles. The summed E-state index contributed by atoms with van der Waals surface area (Å²) in [7, 11) is 0. The van der Waals surface area contributed by atoms with Crippen LogP contribution in [-0.4, -0.2) is 47.9 Å². The lowest BCUT2D eigenvalue weighted by atomic mass is 10.1. The van der Waals surface area contributed by atoms with Crippen molar-refractivity contribution in [3.05, 3.63) is 53.9 Å². The van der Waals surface area contributed by atoms with Gasteiger partial charge >= 0.3 is 0 Å². The molecule has 1 aromatic carbocycles. The molecule has 6 heteroatoms. The maximum atomic E-state index is 12.3. The fraction of sp³-hybridized carbons (Fsp3) is 0.278. The third-order valence-corrected chi connectivity index (χ3v) is 3.86. The Kier molecular flexibility index (Phi) is 4.86. The van der Waals surface area contributed by atoms with Crippen molar-refractivity contribution in [2.75, 3.05) is 31.6 Å². The number of hydrogen-bond donors (Lipinski definition) is 1. The molecule has 0 unspecified atom stereocenters. The average molecular weight is 325 g/mol. The quantitative estimate of drug-likeness (QED) is 0.875. The van der Waals surface area contributed by atoms with Gasteiger partial charge in [0.25, 0.3) is 5.91 Å². The molecule has 0 atom stereocenters. The van der Waals surface area contributed by atoms with Crippen molar-refractivity contribution in [2.24, 2.45) is 0 Å². The van der Waals surface area contributed by atoms with E-state index in [1.807, 2.05) is 18.2 Å². The topological polar surface area (TPSA) is 71.5 Å². The van der Waals surface area contributed by atoms with E-state index in [1.54, 1.807) is 29.3 Å². The lowest BCUT2D eigenvalue weighted by Gasteiger charge is -2.26. The number of nitrogens with zero attached hydrogens (tertiary/aromatic N) is 2. The zero-order chi connectivity index (χ0) is 16.9. The van der Waals surface area contributed by atoms with Gasteiger partial charge in [-0.1, -0.05) is 0 Å². The number of morpholine rings is 1. The van der Waals surface area contributed by atoms with Gasteiger partial charge in [0.1, 0.15) is 5.69 Å². The van der Waals surface area contributed by atoms with E-state index in [1.165, 1.54) is 6.92 Å². The van der Waals surface area contributed by atoms with Crippen molar-refractivity contribution in [3.8, 4) is 0 Å². The molecule has 6 nitrogen and oxygen atoms in total. The van der Waals surface area contributed by atoms with Gasteiger partial charge in [0.2, 0.25) is 0 Å². The molecule has 1 fully saturated rings. The van der Waals surface area contributed by atoms with E-state index in [9.17, 15) is 9.59 Å². The number of carbonyl (C=O) groups excluding carboxylic acids is 2. The Hall–Kier alpha value is -2.73. The van der Waals surface area contributed by atoms with E-state index >= 15 is 0 Å². The van der Waals surface area contributed by atoms with Crippen LogP contribution in [0, 0.1) is 0 Å². The number of hydrogen-bond acceptors (Lipinski definition) is 5. The number of ether oxygens (including phenoxy) is 1. The van der Waals surface area contributed by atoms with Gasteiger partial charge < -0.3 is 15.0 Å². The number of Topliss-reactive ketones (excluding diaryl/α,β-unsaturated/α-hetero) is 1. The van der Waals surface area contributed by atoms with Crippen molar-refractivity contribution in [2.45, 2.75) is 6.92 Å². The van der Waals surface area contributed by atoms with Gasteiger partial charge in [-0.05, 0) is 43.3 Å². The minimum atomic E-state index is -0.0735. The Bertz CT molecular complexity index is 720. The molecule has 3 rings (SSSR count). The molecule has 1 N–H and O–H groups in total. The van der Waals surface area contributed by atoms with Gasteiger partial charge in [-0.25, -0.2) is 4.98 Å². The summed E-state index contributed by atoms with van der Waals surface area (Å²) in [5.41, 5.74) is 2.73. The first-order valence-corrected chi connectivity index (χ1v) is 7.84. The lowest BCUT2D eigenvalue weighted by molar-refractivity contribution is 0.0299. The molecule has 1 amide bonds. The molecule has 124 valence electrons. The van der Waals surface area contributed by atoms with E-state index < -0.39 is 0 Å². The number of rotatable bonds is 4. The molecule has 0 bridgehead atoms. The maximum Gasteiger partial charge on any atom is 0.272 e. The first-order chi connectivity index (χ1) is 11.6. The second-order valence-corrected chi connectivity index (χ2v) is 5.60. The van der Waals surface area contributed by atoms with Gasteiger partial charge in [0.05, 0.1) is 25.1 Å². The van der Waals surface area contributed by atoms with Crippen LogP contribution < -0.4 is 5.32 Å². The number of benzene rings is 1. The Balaban J connectivity index is 1.65. The zero-order valence-corrected chi connectivity index (χ0v) is 13.5. The summed E-state index contributed by atoms with van der Waals surface area (Å²) in [5, 5.41) is 3.20. The van der Waals surface area contributed by atoms with Crippen molar-refractivity contribution < 1.29 is 14.3 Å². The third kappa shape index (κ3) is 3.78. The van der Waals surface area contributed by atoms with Gasteiger partial charge in [-0.15, -0.1) is 0 Å². The number of aromatic nitrogens is 1. The number of amides is 1. The van der Waals surface area contributed by atoms with E-state index in [0.717, 1.165) is 11.4 Å². The summed E-state index contributed by atoms with van der Waals surface area (Å²) in [4.78, 5) is 29.6. The fourth-order valence-corrected chi connectivity index (χ4v) is 2.48. The van der Waals surface area contributed by atoms with Crippen LogP contribution in [-0.2, 0) is 4.74 Å². The minimum Gasteiger partial charge on any atom is -0.378 e. The lowest BCUT2D eigenvalue weighted by Crippen LogP contribution is -2.41. The minimum absolute atomic E-state index is 0.0363. The molecule has 24 heavy (non-hydrogen) atoms. The molecule has 2 heterocycles. The summed E-state index contributed by atoms with van der Waals surface area (Å²) in [6, 6.07) is 10.7. The van der Waals surface area contributed by atoms with Crippen LogP contribution in [0.3, 0.4) is 0 Å². The molecule has 1 aromatic heterocycles. The summed E-state index contributed by atoms with van der Waals surface area (Å²) >= 11 is 0. The maximum absolute atomic E-state index is 12.3. The SMILES string of the molecule is CC(=O)c1ccc(Nc2ccc(C(=O)N3CCOCC3)nc2)cc1. The number of nitrogens with one attached hydrogen (secondary N) is 1. The van der Waals surface area contributed by atoms with Crippen LogP contribution in [0.25, 0.3) is 0 Å². The second kappa shape index (κ2) is 7.23. The predicted octanol–water partition coefficient (Wildman–Crippen LogP) is 2.50. The van der Waals surface area contributed by atoms with Gasteiger partial charge in [0, 0.05) is 24.3 Å². The standard InChI is InChI=1S/C18H19N3O3/c1-13(22)14-2-4-15(5-3-14)20-16-6-7-17(19-12-16)18(23)21-8-10-24-11-9-21/h2-7,12,20H,8-11H2,1H3. The average Bonchev–Trinajstić information content (AvgIpc) is 2.63. The molecule has 1 aliphatic rings. The summed E-state index contributed by atoms with van der Waals surface area (Å²) in [5.74, 6) is -0.0372. The summed E-state index contributed by atoms with van der Waals surface area (Å²) < 4.78 is 5.25. The van der Waals surface area contributed by atoms with Gasteiger partial charge in [-0.2, -0.15) is 0 Å². The van der Waals surface area contributed by atoms with Crippen LogP contribution in [0.1, 0.15) is 27.8 Å². The van der Waals surface area contributed by atoms with E-state index in [2.05, 4.69) is 10.3 Å². The molecule has 1 saturated heterocycles. The van der Waals surface area contributed by atoms with Crippen LogP contribution in [0.4, 0.5) is 11.4 Å². The molecule has 1 aliphatic heterocycles. The fourth-order valence-electron chi connectivity index (χ4n) is 2.48. The highest BCUT2D eigenvalue weighted by Crippen LogP contribution is 2.17.